The zero-order valence-electron chi connectivity index (χ0n) is 16.7. The summed E-state index contributed by atoms with van der Waals surface area (Å²) >= 11 is 5.94. The molecule has 2 aromatic carbocycles. The van der Waals surface area contributed by atoms with Gasteiger partial charge in [-0.2, -0.15) is 5.10 Å². The molecule has 6 nitrogen and oxygen atoms in total. The van der Waals surface area contributed by atoms with E-state index in [1.807, 2.05) is 36.4 Å². The minimum Gasteiger partial charge on any atom is -0.497 e. The van der Waals surface area contributed by atoms with Crippen molar-refractivity contribution in [1.29, 1.82) is 0 Å². The van der Waals surface area contributed by atoms with E-state index >= 15 is 0 Å². The molecule has 0 unspecified atom stereocenters. The first kappa shape index (κ1) is 21.1. The Hall–Kier alpha value is -2.57. The molecule has 1 aliphatic heterocycles. The van der Waals surface area contributed by atoms with E-state index in [0.29, 0.717) is 11.5 Å². The predicted molar refractivity (Wildman–Crippen MR) is 115 cm³/mol. The Bertz CT molecular complexity index is 847. The number of hydrogen-bond acceptors (Lipinski definition) is 5. The molecule has 1 heterocycles. The average molecular weight is 416 g/mol. The van der Waals surface area contributed by atoms with Crippen LogP contribution in [0.25, 0.3) is 0 Å². The number of benzene rings is 2. The van der Waals surface area contributed by atoms with E-state index in [4.69, 9.17) is 21.1 Å². The van der Waals surface area contributed by atoms with Gasteiger partial charge in [0.1, 0.15) is 11.5 Å². The van der Waals surface area contributed by atoms with Crippen LogP contribution in [0.15, 0.2) is 47.6 Å². The normalized spacial score (nSPS) is 15.4. The molecule has 0 atom stereocenters. The lowest BCUT2D eigenvalue weighted by molar-refractivity contribution is -0.126. The van der Waals surface area contributed by atoms with Gasteiger partial charge in [-0.05, 0) is 61.8 Å². The third-order valence-electron chi connectivity index (χ3n) is 5.09. The Morgan fingerprint density at radius 1 is 1.17 bits per heavy atom. The number of ether oxygens (including phenoxy) is 2. The number of likely N-dealkylation sites (tertiary alicyclic amines) is 1. The average Bonchev–Trinajstić information content (AvgIpc) is 2.75. The smallest absolute Gasteiger partial charge is 0.243 e. The molecule has 0 spiro atoms. The number of halogens is 1. The van der Waals surface area contributed by atoms with Crippen LogP contribution in [0.4, 0.5) is 0 Å². The summed E-state index contributed by atoms with van der Waals surface area (Å²) in [6, 6.07) is 13.3. The first-order valence-corrected chi connectivity index (χ1v) is 9.98. The lowest BCUT2D eigenvalue weighted by Crippen LogP contribution is -2.39. The number of nitrogens with one attached hydrogen (secondary N) is 1. The van der Waals surface area contributed by atoms with E-state index in [1.165, 1.54) is 5.56 Å². The van der Waals surface area contributed by atoms with E-state index in [1.54, 1.807) is 26.5 Å². The van der Waals surface area contributed by atoms with Crippen molar-refractivity contribution in [3.05, 3.63) is 58.6 Å². The van der Waals surface area contributed by atoms with Crippen LogP contribution in [0.1, 0.15) is 24.0 Å². The second-order valence-corrected chi connectivity index (χ2v) is 7.46. The van der Waals surface area contributed by atoms with E-state index < -0.39 is 0 Å². The molecule has 0 aliphatic carbocycles. The second kappa shape index (κ2) is 10.3. The summed E-state index contributed by atoms with van der Waals surface area (Å²) in [5.41, 5.74) is 4.63. The molecule has 1 amide bonds. The standard InChI is InChI=1S/C22H26ClN3O3/c1-28-20-7-8-21(29-2)18(13-20)14-24-25-22(27)17-9-11-26(12-10-17)15-16-3-5-19(23)6-4-16/h3-8,13-14,17H,9-12,15H2,1-2H3,(H,25,27). The van der Waals surface area contributed by atoms with E-state index in [2.05, 4.69) is 15.4 Å². The van der Waals surface area contributed by atoms with Crippen molar-refractivity contribution in [1.82, 2.24) is 10.3 Å². The largest absolute Gasteiger partial charge is 0.497 e. The third kappa shape index (κ3) is 5.95. The number of carbonyl (C=O) groups is 1. The molecule has 154 valence electrons. The zero-order valence-corrected chi connectivity index (χ0v) is 17.5. The molecule has 0 radical (unpaired) electrons. The van der Waals surface area contributed by atoms with Gasteiger partial charge in [0.25, 0.3) is 0 Å². The lowest BCUT2D eigenvalue weighted by atomic mass is 9.96. The van der Waals surface area contributed by atoms with Gasteiger partial charge in [-0.15, -0.1) is 0 Å². The molecule has 1 aliphatic rings. The van der Waals surface area contributed by atoms with Gasteiger partial charge < -0.3 is 9.47 Å². The zero-order chi connectivity index (χ0) is 20.6. The molecule has 0 aromatic heterocycles. The highest BCUT2D eigenvalue weighted by atomic mass is 35.5. The maximum Gasteiger partial charge on any atom is 0.243 e. The highest BCUT2D eigenvalue weighted by Crippen LogP contribution is 2.23. The first-order chi connectivity index (χ1) is 14.1. The van der Waals surface area contributed by atoms with Crippen molar-refractivity contribution in [2.45, 2.75) is 19.4 Å². The van der Waals surface area contributed by atoms with Gasteiger partial charge in [0, 0.05) is 23.0 Å². The molecule has 3 rings (SSSR count). The van der Waals surface area contributed by atoms with Crippen LogP contribution >= 0.6 is 11.6 Å². The van der Waals surface area contributed by atoms with Crippen LogP contribution in [0, 0.1) is 5.92 Å². The van der Waals surface area contributed by atoms with Crippen molar-refractivity contribution < 1.29 is 14.3 Å². The molecule has 29 heavy (non-hydrogen) atoms. The molecule has 1 fully saturated rings. The lowest BCUT2D eigenvalue weighted by Gasteiger charge is -2.30. The van der Waals surface area contributed by atoms with Crippen LogP contribution in [0.3, 0.4) is 0 Å². The Kier molecular flexibility index (Phi) is 7.49. The molecule has 7 heteroatoms. The number of hydrogen-bond donors (Lipinski definition) is 1. The van der Waals surface area contributed by atoms with Gasteiger partial charge in [0.05, 0.1) is 20.4 Å². The summed E-state index contributed by atoms with van der Waals surface area (Å²) in [4.78, 5) is 14.8. The first-order valence-electron chi connectivity index (χ1n) is 9.61. The second-order valence-electron chi connectivity index (χ2n) is 7.02. The fourth-order valence-corrected chi connectivity index (χ4v) is 3.52. The molecular weight excluding hydrogens is 390 g/mol. The maximum absolute atomic E-state index is 12.5. The Morgan fingerprint density at radius 3 is 2.55 bits per heavy atom. The Labute approximate surface area is 176 Å². The van der Waals surface area contributed by atoms with Crippen LogP contribution in [-0.4, -0.2) is 44.3 Å². The summed E-state index contributed by atoms with van der Waals surface area (Å²) < 4.78 is 10.5. The summed E-state index contributed by atoms with van der Waals surface area (Å²) in [6.07, 6.45) is 3.21. The SMILES string of the molecule is COc1ccc(OC)c(C=NNC(=O)C2CCN(Cc3ccc(Cl)cc3)CC2)c1. The number of piperidine rings is 1. The predicted octanol–water partition coefficient (Wildman–Crippen LogP) is 3.72. The monoisotopic (exact) mass is 415 g/mol. The molecule has 1 saturated heterocycles. The Balaban J connectivity index is 1.48. The number of carbonyl (C=O) groups excluding carboxylic acids is 1. The highest BCUT2D eigenvalue weighted by molar-refractivity contribution is 6.30. The van der Waals surface area contributed by atoms with Crippen molar-refractivity contribution in [3.8, 4) is 11.5 Å². The fourth-order valence-electron chi connectivity index (χ4n) is 3.40. The maximum atomic E-state index is 12.5. The summed E-state index contributed by atoms with van der Waals surface area (Å²) in [5, 5.41) is 4.86. The van der Waals surface area contributed by atoms with Crippen molar-refractivity contribution >= 4 is 23.7 Å². The van der Waals surface area contributed by atoms with Crippen LogP contribution in [-0.2, 0) is 11.3 Å². The molecule has 2 aromatic rings. The van der Waals surface area contributed by atoms with Gasteiger partial charge in [-0.25, -0.2) is 5.43 Å². The van der Waals surface area contributed by atoms with Crippen molar-refractivity contribution in [2.75, 3.05) is 27.3 Å². The third-order valence-corrected chi connectivity index (χ3v) is 5.35. The van der Waals surface area contributed by atoms with Crippen LogP contribution in [0.5, 0.6) is 11.5 Å². The molecule has 1 N–H and O–H groups in total. The van der Waals surface area contributed by atoms with Gasteiger partial charge in [0.15, 0.2) is 0 Å². The summed E-state index contributed by atoms with van der Waals surface area (Å²) in [5.74, 6) is 1.29. The minimum absolute atomic E-state index is 0.0270. The minimum atomic E-state index is -0.0470. The van der Waals surface area contributed by atoms with E-state index in [-0.39, 0.29) is 11.8 Å². The summed E-state index contributed by atoms with van der Waals surface area (Å²) in [6.45, 7) is 2.64. The number of nitrogens with zero attached hydrogens (tertiary/aromatic N) is 2. The molecular formula is C22H26ClN3O3. The van der Waals surface area contributed by atoms with Gasteiger partial charge >= 0.3 is 0 Å². The van der Waals surface area contributed by atoms with E-state index in [0.717, 1.165) is 43.1 Å². The van der Waals surface area contributed by atoms with E-state index in [9.17, 15) is 4.79 Å². The summed E-state index contributed by atoms with van der Waals surface area (Å²) in [7, 11) is 3.19. The highest BCUT2D eigenvalue weighted by Gasteiger charge is 2.24. The number of amides is 1. The topological polar surface area (TPSA) is 63.2 Å². The fraction of sp³-hybridized carbons (Fsp3) is 0.364. The Morgan fingerprint density at radius 2 is 1.90 bits per heavy atom. The number of rotatable bonds is 7. The quantitative estimate of drug-likeness (QED) is 0.553. The number of methoxy groups -OCH3 is 2. The van der Waals surface area contributed by atoms with Gasteiger partial charge in [-0.3, -0.25) is 9.69 Å². The van der Waals surface area contributed by atoms with Gasteiger partial charge in [0.2, 0.25) is 5.91 Å². The molecule has 0 bridgehead atoms. The van der Waals surface area contributed by atoms with Crippen LogP contribution in [0.2, 0.25) is 5.02 Å². The molecule has 0 saturated carbocycles. The van der Waals surface area contributed by atoms with Crippen LogP contribution < -0.4 is 14.9 Å². The number of hydrazone groups is 1. The van der Waals surface area contributed by atoms with Crippen molar-refractivity contribution in [2.24, 2.45) is 11.0 Å². The van der Waals surface area contributed by atoms with Gasteiger partial charge in [-0.1, -0.05) is 23.7 Å². The van der Waals surface area contributed by atoms with Crippen molar-refractivity contribution in [3.63, 3.8) is 0 Å².